The summed E-state index contributed by atoms with van der Waals surface area (Å²) in [5, 5.41) is 0. The van der Waals surface area contributed by atoms with Gasteiger partial charge in [-0.3, -0.25) is 4.98 Å². The fourth-order valence-corrected chi connectivity index (χ4v) is 2.57. The van der Waals surface area contributed by atoms with Crippen molar-refractivity contribution in [2.24, 2.45) is 5.73 Å². The van der Waals surface area contributed by atoms with Crippen molar-refractivity contribution in [1.29, 1.82) is 0 Å². The van der Waals surface area contributed by atoms with Gasteiger partial charge in [0.15, 0.2) is 0 Å². The molecule has 2 N–H and O–H groups in total. The molecule has 3 nitrogen and oxygen atoms in total. The number of benzene rings is 1. The van der Waals surface area contributed by atoms with E-state index in [1.54, 1.807) is 13.3 Å². The van der Waals surface area contributed by atoms with Gasteiger partial charge < -0.3 is 10.5 Å². The van der Waals surface area contributed by atoms with Crippen molar-refractivity contribution < 1.29 is 4.74 Å². The van der Waals surface area contributed by atoms with Crippen LogP contribution in [0.1, 0.15) is 30.1 Å². The van der Waals surface area contributed by atoms with Crippen molar-refractivity contribution in [2.75, 3.05) is 7.11 Å². The molecule has 0 bridgehead atoms. The molecular formula is C15H17BrN2O. The van der Waals surface area contributed by atoms with Crippen LogP contribution in [-0.2, 0) is 0 Å². The van der Waals surface area contributed by atoms with E-state index in [1.165, 1.54) is 0 Å². The Balaban J connectivity index is 2.24. The molecule has 0 aliphatic rings. The zero-order chi connectivity index (χ0) is 13.8. The summed E-state index contributed by atoms with van der Waals surface area (Å²) in [5.41, 5.74) is 8.39. The van der Waals surface area contributed by atoms with Crippen LogP contribution in [0, 0.1) is 0 Å². The molecule has 0 radical (unpaired) electrons. The maximum absolute atomic E-state index is 6.33. The standard InChI is InChI=1S/C15H17BrN2O/c1-10(13-5-3-4-8-18-13)15(17)11-6-7-14(19-2)12(16)9-11/h3-10,15H,17H2,1-2H3. The molecule has 0 saturated heterocycles. The van der Waals surface area contributed by atoms with Crippen LogP contribution in [0.3, 0.4) is 0 Å². The van der Waals surface area contributed by atoms with Crippen molar-refractivity contribution in [3.63, 3.8) is 0 Å². The Morgan fingerprint density at radius 2 is 2.05 bits per heavy atom. The predicted octanol–water partition coefficient (Wildman–Crippen LogP) is 3.66. The molecule has 2 aromatic rings. The second kappa shape index (κ2) is 6.17. The maximum atomic E-state index is 6.33. The highest BCUT2D eigenvalue weighted by molar-refractivity contribution is 9.10. The lowest BCUT2D eigenvalue weighted by molar-refractivity contribution is 0.411. The van der Waals surface area contributed by atoms with Crippen molar-refractivity contribution >= 4 is 15.9 Å². The van der Waals surface area contributed by atoms with Crippen LogP contribution in [0.25, 0.3) is 0 Å². The Labute approximate surface area is 121 Å². The average molecular weight is 321 g/mol. The Morgan fingerprint density at radius 3 is 2.63 bits per heavy atom. The summed E-state index contributed by atoms with van der Waals surface area (Å²) in [7, 11) is 1.65. The molecule has 0 spiro atoms. The van der Waals surface area contributed by atoms with Crippen molar-refractivity contribution in [3.8, 4) is 5.75 Å². The van der Waals surface area contributed by atoms with Crippen LogP contribution in [0.4, 0.5) is 0 Å². The molecule has 19 heavy (non-hydrogen) atoms. The molecule has 0 fully saturated rings. The monoisotopic (exact) mass is 320 g/mol. The fraction of sp³-hybridized carbons (Fsp3) is 0.267. The molecule has 0 saturated carbocycles. The lowest BCUT2D eigenvalue weighted by atomic mass is 9.92. The van der Waals surface area contributed by atoms with Gasteiger partial charge in [0.05, 0.1) is 11.6 Å². The van der Waals surface area contributed by atoms with Crippen molar-refractivity contribution in [2.45, 2.75) is 18.9 Å². The number of aromatic nitrogens is 1. The average Bonchev–Trinajstić information content (AvgIpc) is 2.46. The first-order valence-electron chi connectivity index (χ1n) is 6.13. The second-order valence-electron chi connectivity index (χ2n) is 4.46. The third kappa shape index (κ3) is 3.14. The lowest BCUT2D eigenvalue weighted by Crippen LogP contribution is -2.18. The minimum absolute atomic E-state index is 0.0999. The summed E-state index contributed by atoms with van der Waals surface area (Å²) in [6.45, 7) is 2.09. The van der Waals surface area contributed by atoms with Crippen LogP contribution in [0.2, 0.25) is 0 Å². The van der Waals surface area contributed by atoms with E-state index in [0.29, 0.717) is 0 Å². The second-order valence-corrected chi connectivity index (χ2v) is 5.32. The smallest absolute Gasteiger partial charge is 0.133 e. The zero-order valence-electron chi connectivity index (χ0n) is 11.0. The summed E-state index contributed by atoms with van der Waals surface area (Å²) < 4.78 is 6.14. The van der Waals surface area contributed by atoms with Crippen LogP contribution in [0.5, 0.6) is 5.75 Å². The van der Waals surface area contributed by atoms with E-state index < -0.39 is 0 Å². The Bertz CT molecular complexity index is 545. The molecule has 4 heteroatoms. The third-order valence-corrected chi connectivity index (χ3v) is 3.87. The number of methoxy groups -OCH3 is 1. The predicted molar refractivity (Wildman–Crippen MR) is 80.3 cm³/mol. The molecule has 2 unspecified atom stereocenters. The summed E-state index contributed by atoms with van der Waals surface area (Å²) in [6, 6.07) is 11.7. The van der Waals surface area contributed by atoms with Crippen molar-refractivity contribution in [3.05, 3.63) is 58.3 Å². The molecular weight excluding hydrogens is 304 g/mol. The summed E-state index contributed by atoms with van der Waals surface area (Å²) in [5.74, 6) is 0.961. The number of rotatable bonds is 4. The number of hydrogen-bond acceptors (Lipinski definition) is 3. The number of hydrogen-bond donors (Lipinski definition) is 1. The molecule has 1 aromatic heterocycles. The summed E-state index contributed by atoms with van der Waals surface area (Å²) in [6.07, 6.45) is 1.79. The van der Waals surface area contributed by atoms with E-state index in [4.69, 9.17) is 10.5 Å². The Hall–Kier alpha value is -1.39. The van der Waals surface area contributed by atoms with Gasteiger partial charge in [-0.2, -0.15) is 0 Å². The van der Waals surface area contributed by atoms with Gasteiger partial charge in [-0.05, 0) is 45.8 Å². The number of halogens is 1. The highest BCUT2D eigenvalue weighted by Crippen LogP contribution is 2.32. The SMILES string of the molecule is COc1ccc(C(N)C(C)c2ccccn2)cc1Br. The third-order valence-electron chi connectivity index (χ3n) is 3.25. The van der Waals surface area contributed by atoms with Gasteiger partial charge in [0.2, 0.25) is 0 Å². The van der Waals surface area contributed by atoms with Crippen LogP contribution in [0.15, 0.2) is 47.1 Å². The lowest BCUT2D eigenvalue weighted by Gasteiger charge is -2.20. The molecule has 0 amide bonds. The fourth-order valence-electron chi connectivity index (χ4n) is 2.01. The number of pyridine rings is 1. The van der Waals surface area contributed by atoms with E-state index in [-0.39, 0.29) is 12.0 Å². The first-order valence-corrected chi connectivity index (χ1v) is 6.92. The normalized spacial score (nSPS) is 13.9. The zero-order valence-corrected chi connectivity index (χ0v) is 12.6. The molecule has 2 rings (SSSR count). The van der Waals surface area contributed by atoms with Gasteiger partial charge in [-0.1, -0.05) is 19.1 Å². The van der Waals surface area contributed by atoms with E-state index in [2.05, 4.69) is 27.8 Å². The topological polar surface area (TPSA) is 48.1 Å². The molecule has 1 heterocycles. The summed E-state index contributed by atoms with van der Waals surface area (Å²) in [4.78, 5) is 4.36. The number of nitrogens with two attached hydrogens (primary N) is 1. The summed E-state index contributed by atoms with van der Waals surface area (Å²) >= 11 is 3.48. The Morgan fingerprint density at radius 1 is 1.26 bits per heavy atom. The molecule has 0 aliphatic carbocycles. The molecule has 1 aromatic carbocycles. The minimum Gasteiger partial charge on any atom is -0.496 e. The quantitative estimate of drug-likeness (QED) is 0.935. The Kier molecular flexibility index (Phi) is 4.56. The van der Waals surface area contributed by atoms with Gasteiger partial charge >= 0.3 is 0 Å². The highest BCUT2D eigenvalue weighted by atomic mass is 79.9. The van der Waals surface area contributed by atoms with E-state index in [1.807, 2.05) is 36.4 Å². The largest absolute Gasteiger partial charge is 0.496 e. The highest BCUT2D eigenvalue weighted by Gasteiger charge is 2.18. The first-order chi connectivity index (χ1) is 9.13. The first kappa shape index (κ1) is 14.0. The van der Waals surface area contributed by atoms with Crippen LogP contribution < -0.4 is 10.5 Å². The molecule has 100 valence electrons. The maximum Gasteiger partial charge on any atom is 0.133 e. The minimum atomic E-state index is -0.0999. The molecule has 2 atom stereocenters. The van der Waals surface area contributed by atoms with Crippen LogP contribution in [-0.4, -0.2) is 12.1 Å². The van der Waals surface area contributed by atoms with Crippen molar-refractivity contribution in [1.82, 2.24) is 4.98 Å². The van der Waals surface area contributed by atoms with Gasteiger partial charge in [0.25, 0.3) is 0 Å². The molecule has 0 aliphatic heterocycles. The van der Waals surface area contributed by atoms with Gasteiger partial charge in [0, 0.05) is 23.9 Å². The van der Waals surface area contributed by atoms with E-state index in [9.17, 15) is 0 Å². The van der Waals surface area contributed by atoms with Gasteiger partial charge in [0.1, 0.15) is 5.75 Å². The van der Waals surface area contributed by atoms with Crippen LogP contribution >= 0.6 is 15.9 Å². The van der Waals surface area contributed by atoms with E-state index in [0.717, 1.165) is 21.5 Å². The van der Waals surface area contributed by atoms with E-state index >= 15 is 0 Å². The van der Waals surface area contributed by atoms with Gasteiger partial charge in [-0.25, -0.2) is 0 Å². The number of ether oxygens (including phenoxy) is 1. The number of nitrogens with zero attached hydrogens (tertiary/aromatic N) is 1. The van der Waals surface area contributed by atoms with Gasteiger partial charge in [-0.15, -0.1) is 0 Å².